The first-order valence-corrected chi connectivity index (χ1v) is 9.97. The number of aromatic nitrogens is 4. The summed E-state index contributed by atoms with van der Waals surface area (Å²) < 4.78 is 14.0. The summed E-state index contributed by atoms with van der Waals surface area (Å²) in [5.41, 5.74) is 1.77. The number of carbonyl (C=O) groups is 1. The van der Waals surface area contributed by atoms with Crippen LogP contribution in [0.15, 0.2) is 36.9 Å². The number of fused-ring (bicyclic) bond motifs is 1. The summed E-state index contributed by atoms with van der Waals surface area (Å²) in [5.74, 6) is 0.519. The van der Waals surface area contributed by atoms with Gasteiger partial charge in [-0.25, -0.2) is 9.37 Å². The van der Waals surface area contributed by atoms with E-state index in [1.54, 1.807) is 23.3 Å². The van der Waals surface area contributed by atoms with Crippen LogP contribution >= 0.6 is 0 Å². The molecule has 2 N–H and O–H groups in total. The third-order valence-corrected chi connectivity index (χ3v) is 5.48. The normalized spacial score (nSPS) is 19.4. The summed E-state index contributed by atoms with van der Waals surface area (Å²) in [7, 11) is 1.87. The number of alkyl halides is 1. The van der Waals surface area contributed by atoms with Crippen molar-refractivity contribution >= 4 is 22.5 Å². The van der Waals surface area contributed by atoms with E-state index < -0.39 is 0 Å². The van der Waals surface area contributed by atoms with Gasteiger partial charge in [-0.1, -0.05) is 0 Å². The highest BCUT2D eigenvalue weighted by atomic mass is 19.1. The van der Waals surface area contributed by atoms with Crippen LogP contribution in [0.4, 0.5) is 10.2 Å². The summed E-state index contributed by atoms with van der Waals surface area (Å²) in [5, 5.41) is 12.2. The van der Waals surface area contributed by atoms with Crippen LogP contribution in [0, 0.1) is 5.92 Å². The zero-order valence-electron chi connectivity index (χ0n) is 16.4. The van der Waals surface area contributed by atoms with Gasteiger partial charge in [0.05, 0.1) is 11.9 Å². The van der Waals surface area contributed by atoms with Crippen LogP contribution in [-0.2, 0) is 11.8 Å². The molecule has 8 heteroatoms. The first-order chi connectivity index (χ1) is 14.1. The number of amides is 1. The molecule has 1 aliphatic rings. The number of anilines is 1. The first-order valence-electron chi connectivity index (χ1n) is 9.97. The van der Waals surface area contributed by atoms with Crippen molar-refractivity contribution in [3.63, 3.8) is 0 Å². The van der Waals surface area contributed by atoms with Crippen molar-refractivity contribution in [2.75, 3.05) is 18.5 Å². The number of pyridine rings is 2. The maximum Gasteiger partial charge on any atom is 0.228 e. The van der Waals surface area contributed by atoms with E-state index in [-0.39, 0.29) is 18.5 Å². The molecule has 0 atom stereocenters. The Bertz CT molecular complexity index is 996. The summed E-state index contributed by atoms with van der Waals surface area (Å²) in [4.78, 5) is 21.5. The van der Waals surface area contributed by atoms with E-state index in [2.05, 4.69) is 25.7 Å². The molecule has 0 spiro atoms. The molecular formula is C21H25FN6O. The van der Waals surface area contributed by atoms with Crippen LogP contribution in [0.1, 0.15) is 25.7 Å². The Morgan fingerprint density at radius 1 is 1.14 bits per heavy atom. The monoisotopic (exact) mass is 396 g/mol. The number of hydrogen-bond donors (Lipinski definition) is 2. The summed E-state index contributed by atoms with van der Waals surface area (Å²) in [6, 6.07) is 4.17. The quantitative estimate of drug-likeness (QED) is 0.669. The fourth-order valence-electron chi connectivity index (χ4n) is 3.86. The number of aryl methyl sites for hydroxylation is 1. The molecule has 1 fully saturated rings. The third-order valence-electron chi connectivity index (χ3n) is 5.48. The summed E-state index contributed by atoms with van der Waals surface area (Å²) >= 11 is 0. The fraction of sp³-hybridized carbons (Fsp3) is 0.429. The Balaban J connectivity index is 1.43. The van der Waals surface area contributed by atoms with E-state index in [4.69, 9.17) is 0 Å². The van der Waals surface area contributed by atoms with E-state index in [1.807, 2.05) is 25.4 Å². The second-order valence-corrected chi connectivity index (χ2v) is 7.57. The van der Waals surface area contributed by atoms with Gasteiger partial charge in [-0.2, -0.15) is 5.10 Å². The highest BCUT2D eigenvalue weighted by Crippen LogP contribution is 2.27. The van der Waals surface area contributed by atoms with Crippen molar-refractivity contribution in [2.24, 2.45) is 13.0 Å². The first kappa shape index (κ1) is 19.4. The Labute approximate surface area is 168 Å². The second kappa shape index (κ2) is 8.65. The maximum absolute atomic E-state index is 12.7. The van der Waals surface area contributed by atoms with Crippen LogP contribution in [0.3, 0.4) is 0 Å². The van der Waals surface area contributed by atoms with Crippen molar-refractivity contribution in [3.8, 4) is 11.3 Å². The molecule has 1 amide bonds. The van der Waals surface area contributed by atoms with E-state index in [0.717, 1.165) is 47.7 Å². The smallest absolute Gasteiger partial charge is 0.228 e. The lowest BCUT2D eigenvalue weighted by molar-refractivity contribution is -0.120. The topological polar surface area (TPSA) is 84.7 Å². The summed E-state index contributed by atoms with van der Waals surface area (Å²) in [6.07, 6.45) is 10.6. The van der Waals surface area contributed by atoms with E-state index in [1.165, 1.54) is 0 Å². The molecule has 4 rings (SSSR count). The predicted octanol–water partition coefficient (Wildman–Crippen LogP) is 3.09. The van der Waals surface area contributed by atoms with E-state index in [9.17, 15) is 9.18 Å². The Morgan fingerprint density at radius 2 is 1.93 bits per heavy atom. The Hall–Kier alpha value is -2.87. The molecule has 0 aliphatic heterocycles. The Kier molecular flexibility index (Phi) is 5.80. The highest BCUT2D eigenvalue weighted by molar-refractivity contribution is 5.94. The van der Waals surface area contributed by atoms with Gasteiger partial charge >= 0.3 is 0 Å². The molecule has 0 radical (unpaired) electrons. The van der Waals surface area contributed by atoms with Crippen molar-refractivity contribution in [3.05, 3.63) is 36.9 Å². The molecule has 0 unspecified atom stereocenters. The Morgan fingerprint density at radius 3 is 2.66 bits per heavy atom. The lowest BCUT2D eigenvalue weighted by atomic mass is 9.85. The van der Waals surface area contributed by atoms with Gasteiger partial charge in [0.25, 0.3) is 0 Å². The molecule has 3 aromatic heterocycles. The molecule has 29 heavy (non-hydrogen) atoms. The summed E-state index contributed by atoms with van der Waals surface area (Å²) in [6.45, 7) is 0.0322. The molecule has 3 heterocycles. The molecule has 0 bridgehead atoms. The average molecular weight is 396 g/mol. The number of carbonyl (C=O) groups excluding carboxylic acids is 1. The molecule has 1 saturated carbocycles. The van der Waals surface area contributed by atoms with Crippen LogP contribution < -0.4 is 10.6 Å². The lowest BCUT2D eigenvalue weighted by Gasteiger charge is -2.28. The minimum absolute atomic E-state index is 0.00216. The van der Waals surface area contributed by atoms with E-state index in [0.29, 0.717) is 18.4 Å². The molecule has 3 aromatic rings. The van der Waals surface area contributed by atoms with Gasteiger partial charge in [0.1, 0.15) is 12.5 Å². The van der Waals surface area contributed by atoms with Crippen molar-refractivity contribution in [2.45, 2.75) is 31.7 Å². The average Bonchev–Trinajstić information content (AvgIpc) is 3.18. The number of nitrogens with zero attached hydrogens (tertiary/aromatic N) is 4. The van der Waals surface area contributed by atoms with Crippen LogP contribution in [-0.4, -0.2) is 44.9 Å². The van der Waals surface area contributed by atoms with Crippen molar-refractivity contribution in [1.82, 2.24) is 25.1 Å². The molecule has 0 aromatic carbocycles. The minimum atomic E-state index is -0.355. The predicted molar refractivity (Wildman–Crippen MR) is 110 cm³/mol. The molecule has 7 nitrogen and oxygen atoms in total. The van der Waals surface area contributed by atoms with Crippen LogP contribution in [0.5, 0.6) is 0 Å². The standard InChI is InChI=1S/C21H25FN6O/c1-28-13-17(12-26-28)19-8-15-9-20(25-11-16(15)10-24-19)27-21(29)14-2-4-18(5-3-14)23-7-6-22/h8-14,18,23H,2-7H2,1H3,(H,25,27,29). The van der Waals surface area contributed by atoms with Gasteiger partial charge in [-0.05, 0) is 43.2 Å². The number of nitrogens with one attached hydrogen (secondary N) is 2. The fourth-order valence-corrected chi connectivity index (χ4v) is 3.86. The van der Waals surface area contributed by atoms with Gasteiger partial charge in [0, 0.05) is 55.1 Å². The van der Waals surface area contributed by atoms with Gasteiger partial charge < -0.3 is 10.6 Å². The molecule has 152 valence electrons. The van der Waals surface area contributed by atoms with E-state index >= 15 is 0 Å². The highest BCUT2D eigenvalue weighted by Gasteiger charge is 2.26. The van der Waals surface area contributed by atoms with Gasteiger partial charge in [-0.15, -0.1) is 0 Å². The molecule has 0 saturated heterocycles. The number of halogens is 1. The van der Waals surface area contributed by atoms with Gasteiger partial charge in [0.15, 0.2) is 0 Å². The second-order valence-electron chi connectivity index (χ2n) is 7.57. The zero-order chi connectivity index (χ0) is 20.2. The van der Waals surface area contributed by atoms with Crippen LogP contribution in [0.25, 0.3) is 22.0 Å². The minimum Gasteiger partial charge on any atom is -0.311 e. The zero-order valence-corrected chi connectivity index (χ0v) is 16.4. The van der Waals surface area contributed by atoms with Gasteiger partial charge in [0.2, 0.25) is 5.91 Å². The molecule has 1 aliphatic carbocycles. The number of rotatable bonds is 6. The SMILES string of the molecule is Cn1cc(-c2cc3cc(NC(=O)C4CCC(NCCF)CC4)ncc3cn2)cn1. The molecular weight excluding hydrogens is 371 g/mol. The van der Waals surface area contributed by atoms with Crippen molar-refractivity contribution in [1.29, 1.82) is 0 Å². The van der Waals surface area contributed by atoms with Crippen LogP contribution in [0.2, 0.25) is 0 Å². The maximum atomic E-state index is 12.7. The lowest BCUT2D eigenvalue weighted by Crippen LogP contribution is -2.37. The van der Waals surface area contributed by atoms with Gasteiger partial charge in [-0.3, -0.25) is 14.5 Å². The third kappa shape index (κ3) is 4.59. The largest absolute Gasteiger partial charge is 0.311 e. The van der Waals surface area contributed by atoms with Crippen molar-refractivity contribution < 1.29 is 9.18 Å². The number of hydrogen-bond acceptors (Lipinski definition) is 5.